The average molecular weight is 386 g/mol. The van der Waals surface area contributed by atoms with Crippen LogP contribution >= 0.6 is 11.7 Å². The number of benzene rings is 1. The molecule has 1 atom stereocenters. The first-order chi connectivity index (χ1) is 12.7. The molecule has 0 N–H and O–H groups in total. The minimum Gasteiger partial charge on any atom is -0.285 e. The fourth-order valence-electron chi connectivity index (χ4n) is 3.49. The Labute approximate surface area is 153 Å². The Kier molecular flexibility index (Phi) is 3.52. The van der Waals surface area contributed by atoms with Crippen molar-refractivity contribution in [2.45, 2.75) is 23.8 Å². The van der Waals surface area contributed by atoms with E-state index in [1.807, 2.05) is 28.8 Å². The lowest BCUT2D eigenvalue weighted by atomic mass is 10.2. The monoisotopic (exact) mass is 386 g/mol. The van der Waals surface area contributed by atoms with E-state index < -0.39 is 10.0 Å². The van der Waals surface area contributed by atoms with Crippen molar-refractivity contribution in [3.8, 4) is 0 Å². The summed E-state index contributed by atoms with van der Waals surface area (Å²) in [6.07, 6.45) is 3.34. The predicted octanol–water partition coefficient (Wildman–Crippen LogP) is 2.26. The Morgan fingerprint density at radius 3 is 2.92 bits per heavy atom. The number of hydrogen-bond donors (Lipinski definition) is 0. The van der Waals surface area contributed by atoms with Gasteiger partial charge in [-0.2, -0.15) is 13.1 Å². The SMILES string of the molecule is O=S(=O)(c1cccc2nsnc12)N1CCC[C@H]1c1nnc2ccccn12. The third-order valence-corrected chi connectivity index (χ3v) is 7.16. The predicted molar refractivity (Wildman–Crippen MR) is 96.3 cm³/mol. The van der Waals surface area contributed by atoms with Crippen molar-refractivity contribution in [2.75, 3.05) is 6.54 Å². The van der Waals surface area contributed by atoms with Crippen LogP contribution < -0.4 is 0 Å². The third kappa shape index (κ3) is 2.26. The highest BCUT2D eigenvalue weighted by molar-refractivity contribution is 7.89. The molecule has 0 spiro atoms. The van der Waals surface area contributed by atoms with E-state index in [-0.39, 0.29) is 10.9 Å². The van der Waals surface area contributed by atoms with Crippen molar-refractivity contribution < 1.29 is 8.42 Å². The van der Waals surface area contributed by atoms with Gasteiger partial charge in [0.15, 0.2) is 11.5 Å². The summed E-state index contributed by atoms with van der Waals surface area (Å²) in [4.78, 5) is 0.199. The molecule has 132 valence electrons. The Bertz CT molecular complexity index is 1220. The van der Waals surface area contributed by atoms with Crippen molar-refractivity contribution in [1.82, 2.24) is 27.7 Å². The van der Waals surface area contributed by atoms with Crippen LogP contribution in [0.25, 0.3) is 16.7 Å². The van der Waals surface area contributed by atoms with E-state index in [0.29, 0.717) is 35.5 Å². The Hall–Kier alpha value is -2.43. The van der Waals surface area contributed by atoms with E-state index in [4.69, 9.17) is 0 Å². The number of sulfonamides is 1. The molecule has 0 bridgehead atoms. The van der Waals surface area contributed by atoms with E-state index in [9.17, 15) is 8.42 Å². The van der Waals surface area contributed by atoms with Gasteiger partial charge in [-0.05, 0) is 37.1 Å². The van der Waals surface area contributed by atoms with Gasteiger partial charge in [-0.25, -0.2) is 8.42 Å². The molecule has 0 amide bonds. The first-order valence-electron chi connectivity index (χ1n) is 8.19. The highest BCUT2D eigenvalue weighted by Crippen LogP contribution is 2.37. The molecule has 0 aliphatic carbocycles. The lowest BCUT2D eigenvalue weighted by molar-refractivity contribution is 0.382. The van der Waals surface area contributed by atoms with E-state index in [2.05, 4.69) is 18.9 Å². The van der Waals surface area contributed by atoms with Gasteiger partial charge in [0.25, 0.3) is 0 Å². The lowest BCUT2D eigenvalue weighted by Crippen LogP contribution is -2.31. The molecule has 26 heavy (non-hydrogen) atoms. The zero-order valence-corrected chi connectivity index (χ0v) is 15.2. The van der Waals surface area contributed by atoms with Gasteiger partial charge in [0, 0.05) is 12.7 Å². The fraction of sp³-hybridized carbons (Fsp3) is 0.250. The highest BCUT2D eigenvalue weighted by atomic mass is 32.2. The number of aromatic nitrogens is 5. The zero-order valence-electron chi connectivity index (χ0n) is 13.6. The van der Waals surface area contributed by atoms with Gasteiger partial charge in [0.2, 0.25) is 10.0 Å². The van der Waals surface area contributed by atoms with Crippen molar-refractivity contribution in [3.05, 3.63) is 48.4 Å². The minimum absolute atomic E-state index is 0.199. The van der Waals surface area contributed by atoms with E-state index in [0.717, 1.165) is 18.1 Å². The highest BCUT2D eigenvalue weighted by Gasteiger charge is 2.39. The van der Waals surface area contributed by atoms with Crippen LogP contribution in [0.3, 0.4) is 0 Å². The van der Waals surface area contributed by atoms with Crippen molar-refractivity contribution >= 4 is 38.4 Å². The van der Waals surface area contributed by atoms with Gasteiger partial charge >= 0.3 is 0 Å². The quantitative estimate of drug-likeness (QED) is 0.536. The van der Waals surface area contributed by atoms with E-state index in [1.54, 1.807) is 18.2 Å². The minimum atomic E-state index is -3.72. The summed E-state index contributed by atoms with van der Waals surface area (Å²) in [5, 5.41) is 8.43. The second-order valence-electron chi connectivity index (χ2n) is 6.15. The summed E-state index contributed by atoms with van der Waals surface area (Å²) in [6, 6.07) is 10.3. The summed E-state index contributed by atoms with van der Waals surface area (Å²) < 4.78 is 38.5. The van der Waals surface area contributed by atoms with Gasteiger partial charge in [0.05, 0.1) is 17.8 Å². The van der Waals surface area contributed by atoms with Gasteiger partial charge in [-0.3, -0.25) is 4.40 Å². The number of fused-ring (bicyclic) bond motifs is 2. The topological polar surface area (TPSA) is 93.4 Å². The standard InChI is InChI=1S/C16H14N6O2S2/c23-26(24,13-7-3-5-11-15(13)20-25-19-11)22-10-4-6-12(22)16-18-17-14-8-1-2-9-21(14)16/h1-3,5,7-9,12H,4,6,10H2/t12-/m0/s1. The van der Waals surface area contributed by atoms with Crippen LogP contribution in [0.1, 0.15) is 24.7 Å². The maximum atomic E-state index is 13.4. The van der Waals surface area contributed by atoms with Crippen LogP contribution in [0.2, 0.25) is 0 Å². The van der Waals surface area contributed by atoms with E-state index in [1.165, 1.54) is 4.31 Å². The Morgan fingerprint density at radius 2 is 2.00 bits per heavy atom. The molecule has 0 saturated carbocycles. The third-order valence-electron chi connectivity index (χ3n) is 4.68. The van der Waals surface area contributed by atoms with Gasteiger partial charge < -0.3 is 0 Å². The Morgan fingerprint density at radius 1 is 1.08 bits per heavy atom. The van der Waals surface area contributed by atoms with Crippen molar-refractivity contribution in [3.63, 3.8) is 0 Å². The molecule has 4 aromatic rings. The normalized spacial score (nSPS) is 18.8. The van der Waals surface area contributed by atoms with Crippen LogP contribution in [0.4, 0.5) is 0 Å². The van der Waals surface area contributed by atoms with Gasteiger partial charge in [0.1, 0.15) is 15.9 Å². The van der Waals surface area contributed by atoms with Crippen molar-refractivity contribution in [2.24, 2.45) is 0 Å². The maximum Gasteiger partial charge on any atom is 0.246 e. The molecule has 5 rings (SSSR count). The fourth-order valence-corrected chi connectivity index (χ4v) is 5.90. The molecular formula is C16H14N6O2S2. The number of nitrogens with zero attached hydrogens (tertiary/aromatic N) is 6. The molecule has 10 heteroatoms. The smallest absolute Gasteiger partial charge is 0.246 e. The summed E-state index contributed by atoms with van der Waals surface area (Å²) in [5.74, 6) is 0.644. The van der Waals surface area contributed by atoms with Gasteiger partial charge in [-0.15, -0.1) is 10.2 Å². The van der Waals surface area contributed by atoms with Crippen LogP contribution in [0.5, 0.6) is 0 Å². The first kappa shape index (κ1) is 15.8. The molecule has 0 radical (unpaired) electrons. The zero-order chi connectivity index (χ0) is 17.7. The summed E-state index contributed by atoms with van der Waals surface area (Å²) in [5.41, 5.74) is 1.73. The number of pyridine rings is 1. The Balaban J connectivity index is 1.63. The van der Waals surface area contributed by atoms with Crippen molar-refractivity contribution in [1.29, 1.82) is 0 Å². The average Bonchev–Trinajstić information content (AvgIpc) is 3.38. The molecule has 0 unspecified atom stereocenters. The number of rotatable bonds is 3. The molecule has 1 aliphatic rings. The lowest BCUT2D eigenvalue weighted by Gasteiger charge is -2.23. The second kappa shape index (κ2) is 5.79. The molecule has 3 aromatic heterocycles. The molecular weight excluding hydrogens is 372 g/mol. The van der Waals surface area contributed by atoms with Crippen LogP contribution in [0, 0.1) is 0 Å². The second-order valence-corrected chi connectivity index (χ2v) is 8.54. The van der Waals surface area contributed by atoms with E-state index >= 15 is 0 Å². The molecule has 1 aromatic carbocycles. The summed E-state index contributed by atoms with van der Waals surface area (Å²) >= 11 is 1.02. The maximum absolute atomic E-state index is 13.4. The molecule has 1 saturated heterocycles. The summed E-state index contributed by atoms with van der Waals surface area (Å²) in [6.45, 7) is 0.447. The van der Waals surface area contributed by atoms with Crippen LogP contribution in [-0.4, -0.2) is 42.6 Å². The van der Waals surface area contributed by atoms with Crippen LogP contribution in [0.15, 0.2) is 47.5 Å². The van der Waals surface area contributed by atoms with Crippen LogP contribution in [-0.2, 0) is 10.0 Å². The molecule has 1 fully saturated rings. The first-order valence-corrected chi connectivity index (χ1v) is 10.4. The molecule has 8 nitrogen and oxygen atoms in total. The molecule has 4 heterocycles. The number of hydrogen-bond acceptors (Lipinski definition) is 7. The van der Waals surface area contributed by atoms with Gasteiger partial charge in [-0.1, -0.05) is 12.1 Å². The largest absolute Gasteiger partial charge is 0.285 e. The summed E-state index contributed by atoms with van der Waals surface area (Å²) in [7, 11) is -3.72. The molecule has 1 aliphatic heterocycles.